The van der Waals surface area contributed by atoms with E-state index in [-0.39, 0.29) is 23.1 Å². The number of hydrogen-bond acceptors (Lipinski definition) is 4. The second-order valence-corrected chi connectivity index (χ2v) is 6.56. The Hall–Kier alpha value is -1.53. The van der Waals surface area contributed by atoms with E-state index in [4.69, 9.17) is 4.74 Å². The molecule has 0 fully saturated rings. The molecule has 0 bridgehead atoms. The Bertz CT molecular complexity index is 562. The first kappa shape index (κ1) is 15.9. The van der Waals surface area contributed by atoms with Crippen LogP contribution >= 0.6 is 11.8 Å². The van der Waals surface area contributed by atoms with Gasteiger partial charge in [0.15, 0.2) is 0 Å². The van der Waals surface area contributed by atoms with Crippen molar-refractivity contribution in [1.29, 1.82) is 0 Å². The van der Waals surface area contributed by atoms with Gasteiger partial charge in [-0.05, 0) is 32.0 Å². The summed E-state index contributed by atoms with van der Waals surface area (Å²) in [5.74, 6) is -0.113. The van der Waals surface area contributed by atoms with E-state index in [2.05, 4.69) is 5.32 Å². The lowest BCUT2D eigenvalue weighted by Gasteiger charge is -2.26. The lowest BCUT2D eigenvalue weighted by Crippen LogP contribution is -2.38. The van der Waals surface area contributed by atoms with Gasteiger partial charge in [0, 0.05) is 24.6 Å². The number of ether oxygens (including phenoxy) is 1. The molecular formula is C15H20N2O3S. The normalized spacial score (nSPS) is 18.7. The summed E-state index contributed by atoms with van der Waals surface area (Å²) in [6.07, 6.45) is 0. The molecule has 1 aliphatic heterocycles. The first-order valence-electron chi connectivity index (χ1n) is 6.81. The molecule has 0 saturated heterocycles. The minimum atomic E-state index is -0.108. The molecule has 114 valence electrons. The average molecular weight is 308 g/mol. The van der Waals surface area contributed by atoms with E-state index in [1.165, 1.54) is 11.8 Å². The molecule has 1 aromatic rings. The van der Waals surface area contributed by atoms with Crippen LogP contribution < -0.4 is 5.32 Å². The number of hydrogen-bond donors (Lipinski definition) is 1. The summed E-state index contributed by atoms with van der Waals surface area (Å²) in [6.45, 7) is 4.28. The predicted octanol–water partition coefficient (Wildman–Crippen LogP) is 2.23. The van der Waals surface area contributed by atoms with Gasteiger partial charge >= 0.3 is 0 Å². The number of likely N-dealkylation sites (N-methyl/N-ethyl adjacent to an activating group) is 1. The Balaban J connectivity index is 2.20. The topological polar surface area (TPSA) is 58.6 Å². The van der Waals surface area contributed by atoms with Gasteiger partial charge in [0.1, 0.15) is 0 Å². The molecule has 1 N–H and O–H groups in total. The third-order valence-electron chi connectivity index (χ3n) is 3.55. The molecule has 5 nitrogen and oxygen atoms in total. The highest BCUT2D eigenvalue weighted by molar-refractivity contribution is 8.00. The Kier molecular flexibility index (Phi) is 4.90. The summed E-state index contributed by atoms with van der Waals surface area (Å²) in [5, 5.41) is 2.74. The maximum atomic E-state index is 12.4. The summed E-state index contributed by atoms with van der Waals surface area (Å²) < 4.78 is 5.07. The molecule has 2 rings (SSSR count). The van der Waals surface area contributed by atoms with Crippen molar-refractivity contribution in [3.63, 3.8) is 0 Å². The van der Waals surface area contributed by atoms with E-state index in [0.29, 0.717) is 17.9 Å². The van der Waals surface area contributed by atoms with Crippen LogP contribution in [0.3, 0.4) is 0 Å². The fraction of sp³-hybridized carbons (Fsp3) is 0.467. The third-order valence-corrected chi connectivity index (χ3v) is 4.72. The van der Waals surface area contributed by atoms with Crippen LogP contribution in [-0.4, -0.2) is 48.8 Å². The van der Waals surface area contributed by atoms with Crippen molar-refractivity contribution >= 4 is 29.3 Å². The van der Waals surface area contributed by atoms with E-state index in [0.717, 1.165) is 4.90 Å². The number of fused-ring (bicyclic) bond motifs is 1. The van der Waals surface area contributed by atoms with Crippen LogP contribution in [0, 0.1) is 0 Å². The zero-order valence-electron chi connectivity index (χ0n) is 12.7. The monoisotopic (exact) mass is 308 g/mol. The van der Waals surface area contributed by atoms with Crippen molar-refractivity contribution in [2.45, 2.75) is 30.0 Å². The predicted molar refractivity (Wildman–Crippen MR) is 83.8 cm³/mol. The number of nitrogens with zero attached hydrogens (tertiary/aromatic N) is 1. The van der Waals surface area contributed by atoms with E-state index in [1.807, 2.05) is 19.9 Å². The van der Waals surface area contributed by atoms with Crippen LogP contribution in [0.2, 0.25) is 0 Å². The highest BCUT2D eigenvalue weighted by Crippen LogP contribution is 2.36. The molecule has 2 atom stereocenters. The highest BCUT2D eigenvalue weighted by Gasteiger charge is 2.25. The SMILES string of the molecule is COC[C@@H](C)N(C)C(=O)c1ccc2c(c1)NC(=O)[C@H](C)S2. The zero-order chi connectivity index (χ0) is 15.6. The van der Waals surface area contributed by atoms with Crippen molar-refractivity contribution in [2.75, 3.05) is 26.1 Å². The number of carbonyl (C=O) groups is 2. The maximum Gasteiger partial charge on any atom is 0.253 e. The smallest absolute Gasteiger partial charge is 0.253 e. The molecule has 0 saturated carbocycles. The molecule has 1 heterocycles. The fourth-order valence-corrected chi connectivity index (χ4v) is 3.03. The second kappa shape index (κ2) is 6.49. The van der Waals surface area contributed by atoms with E-state index >= 15 is 0 Å². The molecule has 2 amide bonds. The number of rotatable bonds is 4. The summed E-state index contributed by atoms with van der Waals surface area (Å²) in [4.78, 5) is 26.8. The number of methoxy groups -OCH3 is 1. The number of benzene rings is 1. The quantitative estimate of drug-likeness (QED) is 0.926. The van der Waals surface area contributed by atoms with Gasteiger partial charge in [-0.3, -0.25) is 9.59 Å². The third kappa shape index (κ3) is 3.39. The minimum absolute atomic E-state index is 0.0116. The molecule has 6 heteroatoms. The van der Waals surface area contributed by atoms with Crippen molar-refractivity contribution in [2.24, 2.45) is 0 Å². The Morgan fingerprint density at radius 3 is 2.90 bits per heavy atom. The van der Waals surface area contributed by atoms with Gasteiger partial charge in [-0.15, -0.1) is 11.8 Å². The van der Waals surface area contributed by atoms with E-state index < -0.39 is 0 Å². The average Bonchev–Trinajstić information content (AvgIpc) is 2.46. The van der Waals surface area contributed by atoms with Gasteiger partial charge in [0.2, 0.25) is 5.91 Å². The van der Waals surface area contributed by atoms with Crippen molar-refractivity contribution in [1.82, 2.24) is 4.90 Å². The summed E-state index contributed by atoms with van der Waals surface area (Å²) in [6, 6.07) is 5.42. The van der Waals surface area contributed by atoms with Crippen LogP contribution in [0.25, 0.3) is 0 Å². The Labute approximate surface area is 129 Å². The molecule has 1 aliphatic rings. The molecule has 0 spiro atoms. The summed E-state index contributed by atoms with van der Waals surface area (Å²) in [7, 11) is 3.36. The van der Waals surface area contributed by atoms with Gasteiger partial charge in [-0.1, -0.05) is 0 Å². The number of amides is 2. The van der Waals surface area contributed by atoms with Crippen molar-refractivity contribution in [3.8, 4) is 0 Å². The van der Waals surface area contributed by atoms with Gasteiger partial charge < -0.3 is 15.0 Å². The van der Waals surface area contributed by atoms with Crippen LogP contribution in [0.15, 0.2) is 23.1 Å². The van der Waals surface area contributed by atoms with E-state index in [1.54, 1.807) is 31.2 Å². The first-order chi connectivity index (χ1) is 9.93. The van der Waals surface area contributed by atoms with Crippen LogP contribution in [0.5, 0.6) is 0 Å². The fourth-order valence-electron chi connectivity index (χ4n) is 2.10. The molecule has 21 heavy (non-hydrogen) atoms. The number of thioether (sulfide) groups is 1. The lowest BCUT2D eigenvalue weighted by molar-refractivity contribution is -0.115. The minimum Gasteiger partial charge on any atom is -0.383 e. The molecule has 0 aromatic heterocycles. The van der Waals surface area contributed by atoms with Gasteiger partial charge in [0.05, 0.1) is 23.6 Å². The standard InChI is InChI=1S/C15H20N2O3S/c1-9(8-20-4)17(3)15(19)11-5-6-13-12(7-11)16-14(18)10(2)21-13/h5-7,9-10H,8H2,1-4H3,(H,16,18)/t9-,10+/m1/s1. The van der Waals surface area contributed by atoms with E-state index in [9.17, 15) is 9.59 Å². The zero-order valence-corrected chi connectivity index (χ0v) is 13.5. The number of anilines is 1. The second-order valence-electron chi connectivity index (χ2n) is 5.18. The summed E-state index contributed by atoms with van der Waals surface area (Å²) in [5.41, 5.74) is 1.27. The van der Waals surface area contributed by atoms with Crippen molar-refractivity contribution < 1.29 is 14.3 Å². The number of nitrogens with one attached hydrogen (secondary N) is 1. The highest BCUT2D eigenvalue weighted by atomic mass is 32.2. The van der Waals surface area contributed by atoms with Crippen molar-refractivity contribution in [3.05, 3.63) is 23.8 Å². The Morgan fingerprint density at radius 2 is 2.24 bits per heavy atom. The Morgan fingerprint density at radius 1 is 1.52 bits per heavy atom. The summed E-state index contributed by atoms with van der Waals surface area (Å²) >= 11 is 1.51. The van der Waals surface area contributed by atoms with Gasteiger partial charge in [-0.2, -0.15) is 0 Å². The lowest BCUT2D eigenvalue weighted by atomic mass is 10.1. The van der Waals surface area contributed by atoms with Crippen LogP contribution in [-0.2, 0) is 9.53 Å². The molecular weight excluding hydrogens is 288 g/mol. The molecule has 1 aromatic carbocycles. The van der Waals surface area contributed by atoms with Crippen LogP contribution in [0.1, 0.15) is 24.2 Å². The van der Waals surface area contributed by atoms with Gasteiger partial charge in [0.25, 0.3) is 5.91 Å². The molecule has 0 aliphatic carbocycles. The molecule has 0 radical (unpaired) electrons. The number of carbonyl (C=O) groups excluding carboxylic acids is 2. The largest absolute Gasteiger partial charge is 0.383 e. The first-order valence-corrected chi connectivity index (χ1v) is 7.69. The maximum absolute atomic E-state index is 12.4. The van der Waals surface area contributed by atoms with Gasteiger partial charge in [-0.25, -0.2) is 0 Å². The van der Waals surface area contributed by atoms with Crippen LogP contribution in [0.4, 0.5) is 5.69 Å². The molecule has 0 unspecified atom stereocenters.